The molecular formula is C13H20ClNO. The standard InChI is InChI=1S/C13H20ClNO/c1-3-5-12(8-9-15-2)16-13-7-4-6-11(14)10-13/h4,6-7,10,12,15H,3,5,8-9H2,1-2H3/t12-/m1/s1. The van der Waals surface area contributed by atoms with E-state index in [9.17, 15) is 0 Å². The molecule has 0 aliphatic carbocycles. The molecule has 16 heavy (non-hydrogen) atoms. The molecule has 0 aliphatic heterocycles. The molecule has 3 heteroatoms. The maximum atomic E-state index is 5.92. The van der Waals surface area contributed by atoms with Gasteiger partial charge in [0.2, 0.25) is 0 Å². The van der Waals surface area contributed by atoms with Crippen LogP contribution in [0.4, 0.5) is 0 Å². The first kappa shape index (κ1) is 13.3. The van der Waals surface area contributed by atoms with Crippen LogP contribution < -0.4 is 10.1 Å². The lowest BCUT2D eigenvalue weighted by molar-refractivity contribution is 0.180. The predicted octanol–water partition coefficient (Wildman–Crippen LogP) is 3.50. The van der Waals surface area contributed by atoms with Gasteiger partial charge >= 0.3 is 0 Å². The summed E-state index contributed by atoms with van der Waals surface area (Å²) in [5.41, 5.74) is 0. The van der Waals surface area contributed by atoms with Crippen molar-refractivity contribution in [2.45, 2.75) is 32.3 Å². The molecular weight excluding hydrogens is 222 g/mol. The van der Waals surface area contributed by atoms with Gasteiger partial charge in [0.15, 0.2) is 0 Å². The Morgan fingerprint density at radius 3 is 2.81 bits per heavy atom. The molecule has 0 bridgehead atoms. The molecule has 0 saturated carbocycles. The van der Waals surface area contributed by atoms with Gasteiger partial charge in [0.05, 0.1) is 6.10 Å². The van der Waals surface area contributed by atoms with Crippen molar-refractivity contribution in [3.8, 4) is 5.75 Å². The van der Waals surface area contributed by atoms with Crippen LogP contribution in [0.25, 0.3) is 0 Å². The summed E-state index contributed by atoms with van der Waals surface area (Å²) in [4.78, 5) is 0. The first-order chi connectivity index (χ1) is 7.76. The van der Waals surface area contributed by atoms with E-state index in [0.717, 1.165) is 36.6 Å². The molecule has 0 unspecified atom stereocenters. The van der Waals surface area contributed by atoms with Gasteiger partial charge in [-0.25, -0.2) is 0 Å². The van der Waals surface area contributed by atoms with E-state index >= 15 is 0 Å². The van der Waals surface area contributed by atoms with Crippen LogP contribution in [0.1, 0.15) is 26.2 Å². The van der Waals surface area contributed by atoms with Gasteiger partial charge in [-0.1, -0.05) is 31.0 Å². The third-order valence-corrected chi connectivity index (χ3v) is 2.66. The minimum absolute atomic E-state index is 0.274. The summed E-state index contributed by atoms with van der Waals surface area (Å²) in [6.45, 7) is 3.15. The molecule has 0 heterocycles. The second-order valence-corrected chi connectivity index (χ2v) is 4.31. The normalized spacial score (nSPS) is 12.4. The van der Waals surface area contributed by atoms with Gasteiger partial charge in [0.25, 0.3) is 0 Å². The van der Waals surface area contributed by atoms with Gasteiger partial charge in [0, 0.05) is 5.02 Å². The number of ether oxygens (including phenoxy) is 1. The largest absolute Gasteiger partial charge is 0.490 e. The van der Waals surface area contributed by atoms with E-state index in [1.807, 2.05) is 31.3 Å². The molecule has 0 aromatic heterocycles. The number of hydrogen-bond acceptors (Lipinski definition) is 2. The maximum Gasteiger partial charge on any atom is 0.121 e. The van der Waals surface area contributed by atoms with E-state index < -0.39 is 0 Å². The maximum absolute atomic E-state index is 5.92. The Bertz CT molecular complexity index is 304. The van der Waals surface area contributed by atoms with Gasteiger partial charge in [-0.15, -0.1) is 0 Å². The van der Waals surface area contributed by atoms with Gasteiger partial charge < -0.3 is 10.1 Å². The Balaban J connectivity index is 2.52. The van der Waals surface area contributed by atoms with Crippen LogP contribution in [0, 0.1) is 0 Å². The molecule has 0 amide bonds. The summed E-state index contributed by atoms with van der Waals surface area (Å²) in [7, 11) is 1.96. The van der Waals surface area contributed by atoms with E-state index in [-0.39, 0.29) is 6.10 Å². The smallest absolute Gasteiger partial charge is 0.121 e. The summed E-state index contributed by atoms with van der Waals surface area (Å²) in [6, 6.07) is 7.59. The van der Waals surface area contributed by atoms with Crippen LogP contribution in [0.2, 0.25) is 5.02 Å². The zero-order chi connectivity index (χ0) is 11.8. The highest BCUT2D eigenvalue weighted by molar-refractivity contribution is 6.30. The van der Waals surface area contributed by atoms with Crippen molar-refractivity contribution in [3.05, 3.63) is 29.3 Å². The molecule has 2 nitrogen and oxygen atoms in total. The van der Waals surface area contributed by atoms with Crippen molar-refractivity contribution in [2.75, 3.05) is 13.6 Å². The SMILES string of the molecule is CCC[C@H](CCNC)Oc1cccc(Cl)c1. The Morgan fingerprint density at radius 2 is 2.19 bits per heavy atom. The molecule has 1 aromatic carbocycles. The molecule has 0 spiro atoms. The van der Waals surface area contributed by atoms with Gasteiger partial charge in [0.1, 0.15) is 5.75 Å². The van der Waals surface area contributed by atoms with Crippen molar-refractivity contribution in [3.63, 3.8) is 0 Å². The monoisotopic (exact) mass is 241 g/mol. The summed E-state index contributed by atoms with van der Waals surface area (Å²) < 4.78 is 5.91. The van der Waals surface area contributed by atoms with Crippen molar-refractivity contribution < 1.29 is 4.74 Å². The second-order valence-electron chi connectivity index (χ2n) is 3.88. The minimum Gasteiger partial charge on any atom is -0.490 e. The molecule has 1 N–H and O–H groups in total. The van der Waals surface area contributed by atoms with E-state index in [2.05, 4.69) is 12.2 Å². The lowest BCUT2D eigenvalue weighted by Gasteiger charge is -2.18. The summed E-state index contributed by atoms with van der Waals surface area (Å²) in [5.74, 6) is 0.863. The Morgan fingerprint density at radius 1 is 1.38 bits per heavy atom. The number of hydrogen-bond donors (Lipinski definition) is 1. The number of halogens is 1. The molecule has 0 aliphatic rings. The average molecular weight is 242 g/mol. The minimum atomic E-state index is 0.274. The second kappa shape index (κ2) is 7.53. The van der Waals surface area contributed by atoms with Gasteiger partial charge in [-0.3, -0.25) is 0 Å². The van der Waals surface area contributed by atoms with E-state index in [4.69, 9.17) is 16.3 Å². The zero-order valence-electron chi connectivity index (χ0n) is 10.0. The Kier molecular flexibility index (Phi) is 6.27. The topological polar surface area (TPSA) is 21.3 Å². The van der Waals surface area contributed by atoms with Crippen LogP contribution in [0.3, 0.4) is 0 Å². The number of nitrogens with one attached hydrogen (secondary N) is 1. The fourth-order valence-corrected chi connectivity index (χ4v) is 1.80. The van der Waals surface area contributed by atoms with E-state index in [1.54, 1.807) is 0 Å². The highest BCUT2D eigenvalue weighted by Gasteiger charge is 2.08. The fraction of sp³-hybridized carbons (Fsp3) is 0.538. The van der Waals surface area contributed by atoms with E-state index in [1.165, 1.54) is 0 Å². The highest BCUT2D eigenvalue weighted by atomic mass is 35.5. The zero-order valence-corrected chi connectivity index (χ0v) is 10.8. The van der Waals surface area contributed by atoms with Crippen LogP contribution in [0.15, 0.2) is 24.3 Å². The van der Waals surface area contributed by atoms with E-state index in [0.29, 0.717) is 0 Å². The lowest BCUT2D eigenvalue weighted by atomic mass is 10.1. The number of benzene rings is 1. The van der Waals surface area contributed by atoms with Crippen molar-refractivity contribution >= 4 is 11.6 Å². The van der Waals surface area contributed by atoms with Crippen LogP contribution in [-0.2, 0) is 0 Å². The molecule has 1 rings (SSSR count). The lowest BCUT2D eigenvalue weighted by Crippen LogP contribution is -2.22. The van der Waals surface area contributed by atoms with Crippen molar-refractivity contribution in [1.82, 2.24) is 5.32 Å². The fourth-order valence-electron chi connectivity index (χ4n) is 1.62. The van der Waals surface area contributed by atoms with Gasteiger partial charge in [-0.05, 0) is 44.6 Å². The van der Waals surface area contributed by atoms with Crippen LogP contribution in [-0.4, -0.2) is 19.7 Å². The Hall–Kier alpha value is -0.730. The molecule has 0 saturated heterocycles. The van der Waals surface area contributed by atoms with Crippen LogP contribution in [0.5, 0.6) is 5.75 Å². The third-order valence-electron chi connectivity index (χ3n) is 2.43. The van der Waals surface area contributed by atoms with Crippen LogP contribution >= 0.6 is 11.6 Å². The molecule has 90 valence electrons. The quantitative estimate of drug-likeness (QED) is 0.789. The Labute approximate surface area is 103 Å². The molecule has 0 fully saturated rings. The summed E-state index contributed by atoms with van der Waals surface area (Å²) >= 11 is 5.92. The predicted molar refractivity (Wildman–Crippen MR) is 69.3 cm³/mol. The molecule has 1 aromatic rings. The van der Waals surface area contributed by atoms with Crippen molar-refractivity contribution in [2.24, 2.45) is 0 Å². The molecule has 0 radical (unpaired) electrons. The molecule has 1 atom stereocenters. The highest BCUT2D eigenvalue weighted by Crippen LogP contribution is 2.20. The number of rotatable bonds is 7. The van der Waals surface area contributed by atoms with Crippen molar-refractivity contribution in [1.29, 1.82) is 0 Å². The first-order valence-electron chi connectivity index (χ1n) is 5.83. The average Bonchev–Trinajstić information content (AvgIpc) is 2.26. The first-order valence-corrected chi connectivity index (χ1v) is 6.21. The van der Waals surface area contributed by atoms with Gasteiger partial charge in [-0.2, -0.15) is 0 Å². The third kappa shape index (κ3) is 4.86. The summed E-state index contributed by atoms with van der Waals surface area (Å²) in [5, 5.41) is 3.87. The summed E-state index contributed by atoms with van der Waals surface area (Å²) in [6.07, 6.45) is 3.51.